The van der Waals surface area contributed by atoms with E-state index in [0.717, 1.165) is 16.9 Å². The third kappa shape index (κ3) is 4.00. The van der Waals surface area contributed by atoms with Crippen molar-refractivity contribution in [3.8, 4) is 0 Å². The van der Waals surface area contributed by atoms with Crippen molar-refractivity contribution in [1.82, 2.24) is 0 Å². The zero-order chi connectivity index (χ0) is 13.7. The molecular formula is C15H15ClN2O. The molecule has 2 aromatic rings. The topological polar surface area (TPSA) is 41.1 Å². The van der Waals surface area contributed by atoms with Gasteiger partial charge >= 0.3 is 0 Å². The highest BCUT2D eigenvalue weighted by molar-refractivity contribution is 6.30. The third-order valence-corrected chi connectivity index (χ3v) is 2.91. The molecule has 0 bridgehead atoms. The van der Waals surface area contributed by atoms with Crippen LogP contribution in [0.4, 0.5) is 11.4 Å². The molecule has 0 saturated heterocycles. The van der Waals surface area contributed by atoms with E-state index in [1.54, 1.807) is 0 Å². The summed E-state index contributed by atoms with van der Waals surface area (Å²) in [5.74, 6) is -0.0704. The molecule has 0 fully saturated rings. The normalized spacial score (nSPS) is 10.0. The van der Waals surface area contributed by atoms with Crippen molar-refractivity contribution < 1.29 is 4.79 Å². The molecule has 4 heteroatoms. The van der Waals surface area contributed by atoms with Crippen LogP contribution in [0, 0.1) is 0 Å². The molecule has 0 saturated carbocycles. The van der Waals surface area contributed by atoms with Gasteiger partial charge in [0.05, 0.1) is 0 Å². The number of nitrogens with one attached hydrogen (secondary N) is 2. The highest BCUT2D eigenvalue weighted by atomic mass is 35.5. The lowest BCUT2D eigenvalue weighted by molar-refractivity contribution is -0.114. The number of amides is 1. The molecular weight excluding hydrogens is 260 g/mol. The predicted molar refractivity (Wildman–Crippen MR) is 79.5 cm³/mol. The van der Waals surface area contributed by atoms with Crippen LogP contribution in [-0.2, 0) is 11.3 Å². The van der Waals surface area contributed by atoms with E-state index < -0.39 is 0 Å². The molecule has 2 rings (SSSR count). The van der Waals surface area contributed by atoms with Gasteiger partial charge in [-0.25, -0.2) is 0 Å². The molecule has 0 unspecified atom stereocenters. The molecule has 2 N–H and O–H groups in total. The molecule has 0 aromatic heterocycles. The fourth-order valence-corrected chi connectivity index (χ4v) is 1.88. The molecule has 19 heavy (non-hydrogen) atoms. The Morgan fingerprint density at radius 3 is 2.47 bits per heavy atom. The minimum absolute atomic E-state index is 0.0704. The maximum Gasteiger partial charge on any atom is 0.221 e. The van der Waals surface area contributed by atoms with E-state index in [0.29, 0.717) is 11.6 Å². The van der Waals surface area contributed by atoms with Gasteiger partial charge in [-0.15, -0.1) is 0 Å². The average molecular weight is 275 g/mol. The standard InChI is InChI=1S/C15H15ClN2O/c1-11(19)18-15-5-3-2-4-12(15)10-17-14-8-6-13(16)7-9-14/h2-9,17H,10H2,1H3,(H,18,19). The Balaban J connectivity index is 2.06. The van der Waals surface area contributed by atoms with Crippen LogP contribution < -0.4 is 10.6 Å². The summed E-state index contributed by atoms with van der Waals surface area (Å²) < 4.78 is 0. The van der Waals surface area contributed by atoms with E-state index in [4.69, 9.17) is 11.6 Å². The minimum Gasteiger partial charge on any atom is -0.381 e. The van der Waals surface area contributed by atoms with Crippen LogP contribution in [0.1, 0.15) is 12.5 Å². The van der Waals surface area contributed by atoms with E-state index in [9.17, 15) is 4.79 Å². The summed E-state index contributed by atoms with van der Waals surface area (Å²) in [7, 11) is 0. The number of hydrogen-bond acceptors (Lipinski definition) is 2. The number of rotatable bonds is 4. The van der Waals surface area contributed by atoms with Crippen LogP contribution in [-0.4, -0.2) is 5.91 Å². The van der Waals surface area contributed by atoms with E-state index in [-0.39, 0.29) is 5.91 Å². The maximum atomic E-state index is 11.1. The number of hydrogen-bond donors (Lipinski definition) is 2. The summed E-state index contributed by atoms with van der Waals surface area (Å²) in [6, 6.07) is 15.2. The lowest BCUT2D eigenvalue weighted by Crippen LogP contribution is -2.10. The van der Waals surface area contributed by atoms with Crippen molar-refractivity contribution >= 4 is 28.9 Å². The van der Waals surface area contributed by atoms with Crippen molar-refractivity contribution in [3.05, 3.63) is 59.1 Å². The lowest BCUT2D eigenvalue weighted by atomic mass is 10.1. The molecule has 0 atom stereocenters. The van der Waals surface area contributed by atoms with Gasteiger partial charge in [0.15, 0.2) is 0 Å². The Bertz CT molecular complexity index is 567. The molecule has 98 valence electrons. The first-order valence-electron chi connectivity index (χ1n) is 6.00. The smallest absolute Gasteiger partial charge is 0.221 e. The summed E-state index contributed by atoms with van der Waals surface area (Å²) in [5, 5.41) is 6.82. The van der Waals surface area contributed by atoms with E-state index in [1.165, 1.54) is 6.92 Å². The van der Waals surface area contributed by atoms with Gasteiger partial charge in [0.1, 0.15) is 0 Å². The van der Waals surface area contributed by atoms with Crippen LogP contribution >= 0.6 is 11.6 Å². The molecule has 3 nitrogen and oxygen atoms in total. The summed E-state index contributed by atoms with van der Waals surface area (Å²) in [6.07, 6.45) is 0. The van der Waals surface area contributed by atoms with Gasteiger partial charge in [0, 0.05) is 29.9 Å². The van der Waals surface area contributed by atoms with Gasteiger partial charge < -0.3 is 10.6 Å². The van der Waals surface area contributed by atoms with Gasteiger partial charge in [-0.3, -0.25) is 4.79 Å². The van der Waals surface area contributed by atoms with Crippen LogP contribution in [0.3, 0.4) is 0 Å². The Hall–Kier alpha value is -2.00. The quantitative estimate of drug-likeness (QED) is 0.887. The number of benzene rings is 2. The van der Waals surface area contributed by atoms with E-state index in [1.807, 2.05) is 48.5 Å². The Kier molecular flexibility index (Phi) is 4.42. The molecule has 1 amide bonds. The van der Waals surface area contributed by atoms with Gasteiger partial charge in [0.25, 0.3) is 0 Å². The van der Waals surface area contributed by atoms with Crippen molar-refractivity contribution in [2.45, 2.75) is 13.5 Å². The van der Waals surface area contributed by atoms with Crippen LogP contribution in [0.15, 0.2) is 48.5 Å². The minimum atomic E-state index is -0.0704. The summed E-state index contributed by atoms with van der Waals surface area (Å²) in [4.78, 5) is 11.1. The average Bonchev–Trinajstić information content (AvgIpc) is 2.39. The van der Waals surface area contributed by atoms with Crippen LogP contribution in [0.2, 0.25) is 5.02 Å². The Labute approximate surface area is 117 Å². The second kappa shape index (κ2) is 6.25. The monoisotopic (exact) mass is 274 g/mol. The SMILES string of the molecule is CC(=O)Nc1ccccc1CNc1ccc(Cl)cc1. The number of anilines is 2. The van der Waals surface area contributed by atoms with Crippen molar-refractivity contribution in [1.29, 1.82) is 0 Å². The summed E-state index contributed by atoms with van der Waals surface area (Å²) >= 11 is 5.84. The summed E-state index contributed by atoms with van der Waals surface area (Å²) in [6.45, 7) is 2.14. The van der Waals surface area contributed by atoms with E-state index in [2.05, 4.69) is 10.6 Å². The highest BCUT2D eigenvalue weighted by Crippen LogP contribution is 2.18. The first kappa shape index (κ1) is 13.4. The largest absolute Gasteiger partial charge is 0.381 e. The molecule has 0 radical (unpaired) electrons. The fraction of sp³-hybridized carbons (Fsp3) is 0.133. The van der Waals surface area contributed by atoms with Gasteiger partial charge in [-0.1, -0.05) is 29.8 Å². The van der Waals surface area contributed by atoms with E-state index >= 15 is 0 Å². The zero-order valence-electron chi connectivity index (χ0n) is 10.6. The molecule has 2 aromatic carbocycles. The van der Waals surface area contributed by atoms with Crippen molar-refractivity contribution in [2.24, 2.45) is 0 Å². The van der Waals surface area contributed by atoms with Gasteiger partial charge in [-0.2, -0.15) is 0 Å². The molecule has 0 aliphatic carbocycles. The zero-order valence-corrected chi connectivity index (χ0v) is 11.4. The first-order valence-corrected chi connectivity index (χ1v) is 6.38. The summed E-state index contributed by atoms with van der Waals surface area (Å²) in [5.41, 5.74) is 2.85. The molecule has 0 spiro atoms. The third-order valence-electron chi connectivity index (χ3n) is 2.66. The number of carbonyl (C=O) groups excluding carboxylic acids is 1. The number of halogens is 1. The van der Waals surface area contributed by atoms with Crippen molar-refractivity contribution in [3.63, 3.8) is 0 Å². The predicted octanol–water partition coefficient (Wildman–Crippen LogP) is 3.91. The van der Waals surface area contributed by atoms with Gasteiger partial charge in [0.2, 0.25) is 5.91 Å². The molecule has 0 aliphatic heterocycles. The van der Waals surface area contributed by atoms with Gasteiger partial charge in [-0.05, 0) is 35.9 Å². The lowest BCUT2D eigenvalue weighted by Gasteiger charge is -2.11. The second-order valence-electron chi connectivity index (χ2n) is 4.20. The fourth-order valence-electron chi connectivity index (χ4n) is 1.75. The Morgan fingerprint density at radius 2 is 1.79 bits per heavy atom. The number of para-hydroxylation sites is 1. The second-order valence-corrected chi connectivity index (χ2v) is 4.64. The van der Waals surface area contributed by atoms with Crippen LogP contribution in [0.5, 0.6) is 0 Å². The first-order chi connectivity index (χ1) is 9.15. The maximum absolute atomic E-state index is 11.1. The Morgan fingerprint density at radius 1 is 1.11 bits per heavy atom. The van der Waals surface area contributed by atoms with Crippen LogP contribution in [0.25, 0.3) is 0 Å². The van der Waals surface area contributed by atoms with Crippen molar-refractivity contribution in [2.75, 3.05) is 10.6 Å². The molecule has 0 heterocycles. The number of carbonyl (C=O) groups is 1. The highest BCUT2D eigenvalue weighted by Gasteiger charge is 2.03. The molecule has 0 aliphatic rings.